The third-order valence-electron chi connectivity index (χ3n) is 3.71. The molecule has 0 amide bonds. The number of rotatable bonds is 1. The fraction of sp³-hybridized carbons (Fsp3) is 0.571. The van der Waals surface area contributed by atoms with E-state index in [1.54, 1.807) is 0 Å². The molecule has 1 aliphatic heterocycles. The highest BCUT2D eigenvalue weighted by molar-refractivity contribution is 6.30. The quantitative estimate of drug-likeness (QED) is 0.851. The predicted molar refractivity (Wildman–Crippen MR) is 68.6 cm³/mol. The Morgan fingerprint density at radius 3 is 2.72 bits per heavy atom. The number of hydrogen-bond donors (Lipinski definition) is 1. The molecule has 1 aromatic carbocycles. The van der Waals surface area contributed by atoms with Gasteiger partial charge in [0, 0.05) is 10.9 Å². The maximum atomic E-state index is 10.1. The fourth-order valence-electron chi connectivity index (χ4n) is 3.02. The third-order valence-corrected chi connectivity index (χ3v) is 3.95. The molecule has 2 fully saturated rings. The van der Waals surface area contributed by atoms with Crippen LogP contribution in [0.25, 0.3) is 0 Å². The van der Waals surface area contributed by atoms with Gasteiger partial charge in [0.1, 0.15) is 6.10 Å². The monoisotopic (exact) mass is 268 g/mol. The second-order valence-electron chi connectivity index (χ2n) is 5.53. The van der Waals surface area contributed by atoms with Gasteiger partial charge in [-0.15, -0.1) is 0 Å². The average Bonchev–Trinajstić information content (AvgIpc) is 2.74. The zero-order chi connectivity index (χ0) is 12.9. The first-order chi connectivity index (χ1) is 8.46. The lowest BCUT2D eigenvalue weighted by Gasteiger charge is -2.22. The van der Waals surface area contributed by atoms with Gasteiger partial charge in [0.05, 0.1) is 12.2 Å². The SMILES string of the molecule is CC1(C)O[C@@H]2[C@H](O1)[C@@H](c1cccc(Cl)c1)C[C@@H]2O. The largest absolute Gasteiger partial charge is 0.390 e. The van der Waals surface area contributed by atoms with Gasteiger partial charge in [-0.25, -0.2) is 0 Å². The van der Waals surface area contributed by atoms with E-state index < -0.39 is 11.9 Å². The molecule has 0 spiro atoms. The normalized spacial score (nSPS) is 37.8. The summed E-state index contributed by atoms with van der Waals surface area (Å²) >= 11 is 6.02. The average molecular weight is 269 g/mol. The summed E-state index contributed by atoms with van der Waals surface area (Å²) in [6, 6.07) is 7.75. The first-order valence-corrected chi connectivity index (χ1v) is 6.63. The summed E-state index contributed by atoms with van der Waals surface area (Å²) in [4.78, 5) is 0. The van der Waals surface area contributed by atoms with E-state index >= 15 is 0 Å². The molecule has 0 radical (unpaired) electrons. The highest BCUT2D eigenvalue weighted by Crippen LogP contribution is 2.46. The van der Waals surface area contributed by atoms with Crippen LogP contribution in [0.1, 0.15) is 31.7 Å². The second kappa shape index (κ2) is 4.20. The summed E-state index contributed by atoms with van der Waals surface area (Å²) in [6.45, 7) is 3.76. The molecule has 1 saturated carbocycles. The van der Waals surface area contributed by atoms with Crippen LogP contribution in [0.4, 0.5) is 0 Å². The molecule has 0 bridgehead atoms. The summed E-state index contributed by atoms with van der Waals surface area (Å²) in [6.07, 6.45) is -0.135. The molecule has 1 N–H and O–H groups in total. The van der Waals surface area contributed by atoms with E-state index in [1.807, 2.05) is 38.1 Å². The lowest BCUT2D eigenvalue weighted by atomic mass is 9.95. The Morgan fingerprint density at radius 2 is 2.00 bits per heavy atom. The molecular formula is C14H17ClO3. The Kier molecular flexibility index (Phi) is 2.90. The molecule has 98 valence electrons. The molecule has 0 unspecified atom stereocenters. The number of benzene rings is 1. The maximum absolute atomic E-state index is 10.1. The number of aliphatic hydroxyl groups is 1. The predicted octanol–water partition coefficient (Wildman–Crippen LogP) is 2.71. The molecule has 1 saturated heterocycles. The number of ether oxygens (including phenoxy) is 2. The molecule has 3 nitrogen and oxygen atoms in total. The number of halogens is 1. The van der Waals surface area contributed by atoms with Gasteiger partial charge < -0.3 is 14.6 Å². The summed E-state index contributed by atoms with van der Waals surface area (Å²) in [5.74, 6) is -0.474. The molecule has 2 aliphatic rings. The molecule has 0 aromatic heterocycles. The van der Waals surface area contributed by atoms with Gasteiger partial charge >= 0.3 is 0 Å². The molecule has 4 atom stereocenters. The topological polar surface area (TPSA) is 38.7 Å². The smallest absolute Gasteiger partial charge is 0.163 e. The summed E-state index contributed by atoms with van der Waals surface area (Å²) in [7, 11) is 0. The Morgan fingerprint density at radius 1 is 1.28 bits per heavy atom. The van der Waals surface area contributed by atoms with E-state index in [1.165, 1.54) is 0 Å². The fourth-order valence-corrected chi connectivity index (χ4v) is 3.22. The van der Waals surface area contributed by atoms with Crippen molar-refractivity contribution in [1.82, 2.24) is 0 Å². The zero-order valence-corrected chi connectivity index (χ0v) is 11.2. The molecular weight excluding hydrogens is 252 g/mol. The first kappa shape index (κ1) is 12.4. The highest BCUT2D eigenvalue weighted by atomic mass is 35.5. The highest BCUT2D eigenvalue weighted by Gasteiger charge is 2.53. The molecule has 1 aliphatic carbocycles. The molecule has 1 heterocycles. The van der Waals surface area contributed by atoms with Crippen molar-refractivity contribution in [1.29, 1.82) is 0 Å². The lowest BCUT2D eigenvalue weighted by molar-refractivity contribution is -0.163. The van der Waals surface area contributed by atoms with Crippen molar-refractivity contribution in [2.45, 2.75) is 50.3 Å². The van der Waals surface area contributed by atoms with Crippen molar-refractivity contribution in [3.63, 3.8) is 0 Å². The van der Waals surface area contributed by atoms with Crippen molar-refractivity contribution in [3.05, 3.63) is 34.9 Å². The minimum Gasteiger partial charge on any atom is -0.390 e. The van der Waals surface area contributed by atoms with Crippen molar-refractivity contribution in [3.8, 4) is 0 Å². The van der Waals surface area contributed by atoms with Crippen LogP contribution in [0.2, 0.25) is 5.02 Å². The van der Waals surface area contributed by atoms with Gasteiger partial charge in [0.2, 0.25) is 0 Å². The van der Waals surface area contributed by atoms with Crippen molar-refractivity contribution >= 4 is 11.6 Å². The maximum Gasteiger partial charge on any atom is 0.163 e. The number of hydrogen-bond acceptors (Lipinski definition) is 3. The van der Waals surface area contributed by atoms with Crippen LogP contribution in [-0.2, 0) is 9.47 Å². The minimum atomic E-state index is -0.618. The summed E-state index contributed by atoms with van der Waals surface area (Å²) in [5, 5.41) is 10.8. The van der Waals surface area contributed by atoms with Crippen LogP contribution >= 0.6 is 11.6 Å². The van der Waals surface area contributed by atoms with Crippen LogP contribution < -0.4 is 0 Å². The van der Waals surface area contributed by atoms with E-state index in [0.717, 1.165) is 5.56 Å². The van der Waals surface area contributed by atoms with Gasteiger partial charge in [-0.3, -0.25) is 0 Å². The molecule has 18 heavy (non-hydrogen) atoms. The van der Waals surface area contributed by atoms with Gasteiger partial charge in [0.15, 0.2) is 5.79 Å². The van der Waals surface area contributed by atoms with Gasteiger partial charge in [-0.05, 0) is 38.0 Å². The van der Waals surface area contributed by atoms with E-state index in [0.29, 0.717) is 11.4 Å². The Balaban J connectivity index is 1.90. The van der Waals surface area contributed by atoms with Crippen molar-refractivity contribution in [2.75, 3.05) is 0 Å². The first-order valence-electron chi connectivity index (χ1n) is 6.25. The summed E-state index contributed by atoms with van der Waals surface area (Å²) in [5.41, 5.74) is 1.11. The van der Waals surface area contributed by atoms with Gasteiger partial charge in [0.25, 0.3) is 0 Å². The van der Waals surface area contributed by atoms with E-state index in [2.05, 4.69) is 0 Å². The molecule has 3 rings (SSSR count). The standard InChI is InChI=1S/C14H17ClO3/c1-14(2)17-12-10(7-11(16)13(12)18-14)8-4-3-5-9(15)6-8/h3-6,10-13,16H,7H2,1-2H3/t10-,11+,12-,13+/m1/s1. The lowest BCUT2D eigenvalue weighted by Crippen LogP contribution is -2.28. The van der Waals surface area contributed by atoms with Crippen LogP contribution in [-0.4, -0.2) is 29.2 Å². The van der Waals surface area contributed by atoms with Crippen molar-refractivity contribution in [2.24, 2.45) is 0 Å². The Hall–Kier alpha value is -0.610. The second-order valence-corrected chi connectivity index (χ2v) is 5.97. The minimum absolute atomic E-state index is 0.0894. The van der Waals surface area contributed by atoms with Crippen molar-refractivity contribution < 1.29 is 14.6 Å². The van der Waals surface area contributed by atoms with Crippen LogP contribution in [0.15, 0.2) is 24.3 Å². The number of fused-ring (bicyclic) bond motifs is 1. The zero-order valence-electron chi connectivity index (χ0n) is 10.5. The van der Waals surface area contributed by atoms with Gasteiger partial charge in [-0.1, -0.05) is 23.7 Å². The Labute approximate surface area is 112 Å². The summed E-state index contributed by atoms with van der Waals surface area (Å²) < 4.78 is 11.7. The van der Waals surface area contributed by atoms with Crippen LogP contribution in [0.3, 0.4) is 0 Å². The van der Waals surface area contributed by atoms with Gasteiger partial charge in [-0.2, -0.15) is 0 Å². The molecule has 4 heteroatoms. The number of aliphatic hydroxyl groups excluding tert-OH is 1. The van der Waals surface area contributed by atoms with E-state index in [-0.39, 0.29) is 18.1 Å². The van der Waals surface area contributed by atoms with Crippen LogP contribution in [0, 0.1) is 0 Å². The van der Waals surface area contributed by atoms with Crippen LogP contribution in [0.5, 0.6) is 0 Å². The van der Waals surface area contributed by atoms with E-state index in [9.17, 15) is 5.11 Å². The van der Waals surface area contributed by atoms with E-state index in [4.69, 9.17) is 21.1 Å². The third kappa shape index (κ3) is 2.05. The Bertz CT molecular complexity index is 460. The molecule has 1 aromatic rings.